The van der Waals surface area contributed by atoms with E-state index in [0.29, 0.717) is 19.4 Å². The molecule has 0 bridgehead atoms. The van der Waals surface area contributed by atoms with Crippen molar-refractivity contribution < 1.29 is 19.1 Å². The maximum absolute atomic E-state index is 13.3. The third kappa shape index (κ3) is 3.48. The summed E-state index contributed by atoms with van der Waals surface area (Å²) in [7, 11) is 0. The molecule has 0 saturated carbocycles. The van der Waals surface area contributed by atoms with Crippen molar-refractivity contribution in [1.82, 2.24) is 4.90 Å². The number of carbonyl (C=O) groups is 2. The van der Waals surface area contributed by atoms with Gasteiger partial charge in [-0.1, -0.05) is 12.1 Å². The highest BCUT2D eigenvalue weighted by atomic mass is 32.1. The van der Waals surface area contributed by atoms with Crippen LogP contribution in [0.15, 0.2) is 41.1 Å². The van der Waals surface area contributed by atoms with Gasteiger partial charge in [-0.25, -0.2) is 4.39 Å². The summed E-state index contributed by atoms with van der Waals surface area (Å²) in [6.07, 6.45) is 1.09. The van der Waals surface area contributed by atoms with Gasteiger partial charge in [0, 0.05) is 13.0 Å². The van der Waals surface area contributed by atoms with Gasteiger partial charge >= 0.3 is 5.97 Å². The fraction of sp³-hybridized carbons (Fsp3) is 0.333. The van der Waals surface area contributed by atoms with Crippen molar-refractivity contribution in [1.29, 1.82) is 0 Å². The Morgan fingerprint density at radius 3 is 2.88 bits per heavy atom. The number of carbonyl (C=O) groups excluding carboxylic acids is 1. The Morgan fingerprint density at radius 1 is 1.38 bits per heavy atom. The van der Waals surface area contributed by atoms with E-state index in [1.54, 1.807) is 11.0 Å². The van der Waals surface area contributed by atoms with Crippen LogP contribution in [0, 0.1) is 11.7 Å². The summed E-state index contributed by atoms with van der Waals surface area (Å²) in [5, 5.41) is 13.3. The molecule has 4 nitrogen and oxygen atoms in total. The Morgan fingerprint density at radius 2 is 2.21 bits per heavy atom. The normalized spacial score (nSPS) is 21.0. The van der Waals surface area contributed by atoms with Crippen molar-refractivity contribution in [2.45, 2.75) is 25.3 Å². The zero-order valence-corrected chi connectivity index (χ0v) is 13.8. The first-order valence-corrected chi connectivity index (χ1v) is 8.79. The lowest BCUT2D eigenvalue weighted by molar-refractivity contribution is -0.152. The quantitative estimate of drug-likeness (QED) is 0.901. The Kier molecular flexibility index (Phi) is 4.94. The molecule has 6 heteroatoms. The number of piperidine rings is 1. The zero-order valence-electron chi connectivity index (χ0n) is 13.0. The lowest BCUT2D eigenvalue weighted by atomic mass is 9.85. The van der Waals surface area contributed by atoms with Gasteiger partial charge in [0.1, 0.15) is 5.82 Å². The first kappa shape index (κ1) is 16.6. The SMILES string of the molecule is O=C(O)[C@@H]1CCC(=O)N(CCc2cccc(F)c2)[C@@H]1c1ccsc1. The van der Waals surface area contributed by atoms with Crippen molar-refractivity contribution in [3.8, 4) is 0 Å². The van der Waals surface area contributed by atoms with Crippen LogP contribution in [-0.4, -0.2) is 28.4 Å². The number of thiophene rings is 1. The fourth-order valence-electron chi connectivity index (χ4n) is 3.27. The van der Waals surface area contributed by atoms with E-state index in [1.165, 1.54) is 23.5 Å². The first-order chi connectivity index (χ1) is 11.6. The molecule has 2 aromatic rings. The van der Waals surface area contributed by atoms with Crippen LogP contribution in [-0.2, 0) is 16.0 Å². The van der Waals surface area contributed by atoms with Gasteiger partial charge in [-0.05, 0) is 52.9 Å². The van der Waals surface area contributed by atoms with Crippen molar-refractivity contribution >= 4 is 23.2 Å². The summed E-state index contributed by atoms with van der Waals surface area (Å²) in [5.41, 5.74) is 1.66. The monoisotopic (exact) mass is 347 g/mol. The maximum Gasteiger partial charge on any atom is 0.308 e. The van der Waals surface area contributed by atoms with Gasteiger partial charge in [0.2, 0.25) is 5.91 Å². The summed E-state index contributed by atoms with van der Waals surface area (Å²) in [6, 6.07) is 7.69. The minimum absolute atomic E-state index is 0.0416. The second-order valence-electron chi connectivity index (χ2n) is 5.95. The topological polar surface area (TPSA) is 57.6 Å². The van der Waals surface area contributed by atoms with Crippen molar-refractivity contribution in [3.63, 3.8) is 0 Å². The van der Waals surface area contributed by atoms with Crippen molar-refractivity contribution in [2.24, 2.45) is 5.92 Å². The van der Waals surface area contributed by atoms with E-state index in [-0.39, 0.29) is 18.1 Å². The largest absolute Gasteiger partial charge is 0.481 e. The summed E-state index contributed by atoms with van der Waals surface area (Å²) in [6.45, 7) is 0.382. The molecule has 1 aliphatic heterocycles. The molecular weight excluding hydrogens is 329 g/mol. The van der Waals surface area contributed by atoms with E-state index < -0.39 is 17.9 Å². The molecule has 1 aromatic carbocycles. The van der Waals surface area contributed by atoms with E-state index in [0.717, 1.165) is 11.1 Å². The molecule has 0 aliphatic carbocycles. The Hall–Kier alpha value is -2.21. The summed E-state index contributed by atoms with van der Waals surface area (Å²) >= 11 is 1.49. The molecule has 0 unspecified atom stereocenters. The minimum atomic E-state index is -0.880. The second kappa shape index (κ2) is 7.13. The Labute approximate surface area is 143 Å². The smallest absolute Gasteiger partial charge is 0.308 e. The number of carboxylic acids is 1. The van der Waals surface area contributed by atoms with Gasteiger partial charge in [0.05, 0.1) is 12.0 Å². The highest BCUT2D eigenvalue weighted by molar-refractivity contribution is 7.08. The molecule has 1 aromatic heterocycles. The molecule has 1 aliphatic rings. The molecule has 0 radical (unpaired) electrons. The minimum Gasteiger partial charge on any atom is -0.481 e. The maximum atomic E-state index is 13.3. The molecule has 126 valence electrons. The van der Waals surface area contributed by atoms with Crippen molar-refractivity contribution in [3.05, 3.63) is 58.0 Å². The zero-order chi connectivity index (χ0) is 17.1. The van der Waals surface area contributed by atoms with E-state index >= 15 is 0 Å². The fourth-order valence-corrected chi connectivity index (χ4v) is 3.96. The number of nitrogens with zero attached hydrogens (tertiary/aromatic N) is 1. The highest BCUT2D eigenvalue weighted by Crippen LogP contribution is 2.37. The number of amides is 1. The molecule has 1 saturated heterocycles. The summed E-state index contributed by atoms with van der Waals surface area (Å²) in [4.78, 5) is 25.7. The number of rotatable bonds is 5. The standard InChI is InChI=1S/C18H18FNO3S/c19-14-3-1-2-12(10-14)6-8-20-16(21)5-4-15(18(22)23)17(20)13-7-9-24-11-13/h1-3,7,9-11,15,17H,4-6,8H2,(H,22,23)/t15-,17-/m1/s1. The van der Waals surface area contributed by atoms with Gasteiger partial charge in [0.15, 0.2) is 0 Å². The third-order valence-electron chi connectivity index (χ3n) is 4.44. The number of halogens is 1. The van der Waals surface area contributed by atoms with Gasteiger partial charge in [-0.15, -0.1) is 0 Å². The van der Waals surface area contributed by atoms with Crippen LogP contribution in [0.2, 0.25) is 0 Å². The Bertz CT molecular complexity index is 732. The molecule has 1 fully saturated rings. The predicted octanol–water partition coefficient (Wildman–Crippen LogP) is 3.49. The molecule has 3 rings (SSSR count). The predicted molar refractivity (Wildman–Crippen MR) is 89.2 cm³/mol. The molecule has 1 amide bonds. The number of likely N-dealkylation sites (tertiary alicyclic amines) is 1. The average Bonchev–Trinajstić information content (AvgIpc) is 3.07. The van der Waals surface area contributed by atoms with Gasteiger partial charge in [-0.3, -0.25) is 9.59 Å². The number of hydrogen-bond acceptors (Lipinski definition) is 3. The van der Waals surface area contributed by atoms with E-state index in [2.05, 4.69) is 0 Å². The van der Waals surface area contributed by atoms with Crippen LogP contribution < -0.4 is 0 Å². The van der Waals surface area contributed by atoms with E-state index in [1.807, 2.05) is 22.9 Å². The first-order valence-electron chi connectivity index (χ1n) is 7.85. The van der Waals surface area contributed by atoms with E-state index in [9.17, 15) is 19.1 Å². The summed E-state index contributed by atoms with van der Waals surface area (Å²) < 4.78 is 13.3. The van der Waals surface area contributed by atoms with Gasteiger partial charge in [-0.2, -0.15) is 11.3 Å². The van der Waals surface area contributed by atoms with E-state index in [4.69, 9.17) is 0 Å². The van der Waals surface area contributed by atoms with Crippen molar-refractivity contribution in [2.75, 3.05) is 6.54 Å². The molecule has 0 spiro atoms. The molecule has 2 atom stereocenters. The third-order valence-corrected chi connectivity index (χ3v) is 5.14. The lowest BCUT2D eigenvalue weighted by Gasteiger charge is -2.39. The number of aliphatic carboxylic acids is 1. The molecular formula is C18H18FNO3S. The van der Waals surface area contributed by atoms with Crippen LogP contribution in [0.25, 0.3) is 0 Å². The van der Waals surface area contributed by atoms with Crippen LogP contribution in [0.4, 0.5) is 4.39 Å². The van der Waals surface area contributed by atoms with Crippen LogP contribution in [0.1, 0.15) is 30.0 Å². The van der Waals surface area contributed by atoms with Crippen LogP contribution >= 0.6 is 11.3 Å². The number of carboxylic acid groups (broad SMARTS) is 1. The van der Waals surface area contributed by atoms with Gasteiger partial charge in [0.25, 0.3) is 0 Å². The number of benzene rings is 1. The molecule has 1 N–H and O–H groups in total. The van der Waals surface area contributed by atoms with Gasteiger partial charge < -0.3 is 10.0 Å². The van der Waals surface area contributed by atoms with Crippen LogP contribution in [0.3, 0.4) is 0 Å². The summed E-state index contributed by atoms with van der Waals surface area (Å²) in [5.74, 6) is -1.84. The molecule has 24 heavy (non-hydrogen) atoms. The highest BCUT2D eigenvalue weighted by Gasteiger charge is 2.40. The Balaban J connectivity index is 1.84. The lowest BCUT2D eigenvalue weighted by Crippen LogP contribution is -2.46. The average molecular weight is 347 g/mol. The number of hydrogen-bond donors (Lipinski definition) is 1. The second-order valence-corrected chi connectivity index (χ2v) is 6.73. The molecule has 2 heterocycles. The van der Waals surface area contributed by atoms with Crippen LogP contribution in [0.5, 0.6) is 0 Å².